The summed E-state index contributed by atoms with van der Waals surface area (Å²) in [4.78, 5) is 13.0. The van der Waals surface area contributed by atoms with E-state index in [0.717, 1.165) is 18.4 Å². The minimum atomic E-state index is -1.96. The van der Waals surface area contributed by atoms with Crippen molar-refractivity contribution in [2.45, 2.75) is 110 Å². The van der Waals surface area contributed by atoms with Crippen LogP contribution in [0.2, 0.25) is 39.3 Å². The third-order valence-corrected chi connectivity index (χ3v) is 6.31. The first kappa shape index (κ1) is 26.0. The summed E-state index contributed by atoms with van der Waals surface area (Å²) in [6.45, 7) is 14.8. The fourth-order valence-corrected chi connectivity index (χ4v) is 4.87. The van der Waals surface area contributed by atoms with E-state index in [2.05, 4.69) is 32.6 Å². The van der Waals surface area contributed by atoms with Gasteiger partial charge in [0.1, 0.15) is 11.3 Å². The maximum absolute atomic E-state index is 13.0. The van der Waals surface area contributed by atoms with E-state index < -0.39 is 16.6 Å². The van der Waals surface area contributed by atoms with E-state index in [-0.39, 0.29) is 5.97 Å². The SMILES string of the molecule is CCCCCCCCCCCc1cccc(O[Si](C)(C)C)c1C(=O)O[Si](C)(C)C. The van der Waals surface area contributed by atoms with E-state index in [1.165, 1.54) is 51.4 Å². The molecule has 166 valence electrons. The zero-order chi connectivity index (χ0) is 21.9. The normalized spacial score (nSPS) is 12.1. The van der Waals surface area contributed by atoms with E-state index in [1.54, 1.807) is 0 Å². The smallest absolute Gasteiger partial charge is 0.328 e. The number of rotatable bonds is 14. The molecule has 0 N–H and O–H groups in total. The molecule has 5 heteroatoms. The molecule has 1 aromatic rings. The first-order valence-corrected chi connectivity index (χ1v) is 18.4. The van der Waals surface area contributed by atoms with Gasteiger partial charge in [-0.1, -0.05) is 70.4 Å². The van der Waals surface area contributed by atoms with Crippen molar-refractivity contribution >= 4 is 22.6 Å². The summed E-state index contributed by atoms with van der Waals surface area (Å²) in [5.41, 5.74) is 1.74. The molecular weight excluding hydrogens is 392 g/mol. The molecule has 3 nitrogen and oxygen atoms in total. The van der Waals surface area contributed by atoms with Crippen molar-refractivity contribution in [2.24, 2.45) is 0 Å². The molecule has 0 saturated heterocycles. The number of hydrogen-bond acceptors (Lipinski definition) is 3. The molecule has 0 bridgehead atoms. The zero-order valence-electron chi connectivity index (χ0n) is 20.0. The first-order chi connectivity index (χ1) is 13.5. The van der Waals surface area contributed by atoms with E-state index in [9.17, 15) is 4.79 Å². The Morgan fingerprint density at radius 3 is 1.86 bits per heavy atom. The quantitative estimate of drug-likeness (QED) is 0.219. The van der Waals surface area contributed by atoms with Gasteiger partial charge in [0.05, 0.1) is 0 Å². The third kappa shape index (κ3) is 11.6. The van der Waals surface area contributed by atoms with Crippen LogP contribution in [0.25, 0.3) is 0 Å². The molecule has 1 rings (SSSR count). The molecule has 0 aliphatic carbocycles. The van der Waals surface area contributed by atoms with Crippen LogP contribution in [-0.2, 0) is 10.8 Å². The van der Waals surface area contributed by atoms with Crippen molar-refractivity contribution in [1.29, 1.82) is 0 Å². The fourth-order valence-electron chi connectivity index (χ4n) is 3.39. The molecule has 0 radical (unpaired) electrons. The molecule has 0 aliphatic rings. The van der Waals surface area contributed by atoms with Gasteiger partial charge in [-0.05, 0) is 63.8 Å². The van der Waals surface area contributed by atoms with Crippen LogP contribution in [0.4, 0.5) is 0 Å². The van der Waals surface area contributed by atoms with Crippen molar-refractivity contribution < 1.29 is 13.6 Å². The fraction of sp³-hybridized carbons (Fsp3) is 0.708. The Hall–Kier alpha value is -1.08. The van der Waals surface area contributed by atoms with Crippen LogP contribution in [0.3, 0.4) is 0 Å². The Bertz CT molecular complexity index is 616. The van der Waals surface area contributed by atoms with Gasteiger partial charge in [-0.25, -0.2) is 4.79 Å². The van der Waals surface area contributed by atoms with Gasteiger partial charge in [0.15, 0.2) is 0 Å². The maximum atomic E-state index is 13.0. The van der Waals surface area contributed by atoms with Crippen molar-refractivity contribution in [3.05, 3.63) is 29.3 Å². The number of hydrogen-bond donors (Lipinski definition) is 0. The molecule has 0 heterocycles. The molecule has 29 heavy (non-hydrogen) atoms. The van der Waals surface area contributed by atoms with Gasteiger partial charge < -0.3 is 8.85 Å². The topological polar surface area (TPSA) is 35.5 Å². The van der Waals surface area contributed by atoms with Crippen LogP contribution in [-0.4, -0.2) is 22.6 Å². The van der Waals surface area contributed by atoms with Gasteiger partial charge in [0, 0.05) is 0 Å². The maximum Gasteiger partial charge on any atom is 0.328 e. The largest absolute Gasteiger partial charge is 0.544 e. The summed E-state index contributed by atoms with van der Waals surface area (Å²) < 4.78 is 12.1. The van der Waals surface area contributed by atoms with Gasteiger partial charge in [0.2, 0.25) is 16.6 Å². The lowest BCUT2D eigenvalue weighted by molar-refractivity contribution is 0.0721. The van der Waals surface area contributed by atoms with Crippen molar-refractivity contribution in [3.8, 4) is 5.75 Å². The average molecular weight is 437 g/mol. The number of aryl methyl sites for hydroxylation is 1. The number of benzene rings is 1. The standard InChI is InChI=1S/C24H44O3Si2/c1-8-9-10-11-12-13-14-15-16-18-21-19-17-20-22(26-28(2,3)4)23(21)24(25)27-29(5,6)7/h17,19-20H,8-16,18H2,1-7H3. The summed E-state index contributed by atoms with van der Waals surface area (Å²) >= 11 is 0. The van der Waals surface area contributed by atoms with E-state index in [1.807, 2.05) is 31.8 Å². The van der Waals surface area contributed by atoms with E-state index in [0.29, 0.717) is 11.3 Å². The van der Waals surface area contributed by atoms with Gasteiger partial charge in [-0.15, -0.1) is 0 Å². The minimum Gasteiger partial charge on any atom is -0.544 e. The Kier molecular flexibility index (Phi) is 11.3. The highest BCUT2D eigenvalue weighted by Gasteiger charge is 2.27. The summed E-state index contributed by atoms with van der Waals surface area (Å²) in [5.74, 6) is 0.504. The molecule has 0 saturated carbocycles. The van der Waals surface area contributed by atoms with Crippen LogP contribution in [0.5, 0.6) is 5.75 Å². The molecule has 0 aromatic heterocycles. The second-order valence-electron chi connectivity index (χ2n) is 10.1. The predicted molar refractivity (Wildman–Crippen MR) is 130 cm³/mol. The van der Waals surface area contributed by atoms with E-state index >= 15 is 0 Å². The second kappa shape index (κ2) is 12.6. The monoisotopic (exact) mass is 436 g/mol. The van der Waals surface area contributed by atoms with Crippen molar-refractivity contribution in [1.82, 2.24) is 0 Å². The number of carbonyl (C=O) groups is 1. The lowest BCUT2D eigenvalue weighted by atomic mass is 9.99. The molecule has 0 unspecified atom stereocenters. The zero-order valence-corrected chi connectivity index (χ0v) is 22.0. The number of unbranched alkanes of at least 4 members (excludes halogenated alkanes) is 8. The molecule has 1 aromatic carbocycles. The molecule has 0 aliphatic heterocycles. The van der Waals surface area contributed by atoms with Crippen LogP contribution in [0.15, 0.2) is 18.2 Å². The summed E-state index contributed by atoms with van der Waals surface area (Å²) in [6.07, 6.45) is 12.6. The average Bonchev–Trinajstić information content (AvgIpc) is 2.57. The van der Waals surface area contributed by atoms with Crippen LogP contribution in [0, 0.1) is 0 Å². The predicted octanol–water partition coefficient (Wildman–Crippen LogP) is 7.97. The lowest BCUT2D eigenvalue weighted by Gasteiger charge is -2.24. The Morgan fingerprint density at radius 2 is 1.34 bits per heavy atom. The Morgan fingerprint density at radius 1 is 0.793 bits per heavy atom. The Labute approximate surface area is 181 Å². The highest BCUT2D eigenvalue weighted by atomic mass is 28.4. The lowest BCUT2D eigenvalue weighted by Crippen LogP contribution is -2.32. The highest BCUT2D eigenvalue weighted by molar-refractivity contribution is 6.71. The molecule has 0 fully saturated rings. The first-order valence-electron chi connectivity index (χ1n) is 11.6. The summed E-state index contributed by atoms with van der Waals surface area (Å²) in [7, 11) is -3.78. The van der Waals surface area contributed by atoms with Crippen LogP contribution < -0.4 is 4.43 Å². The highest BCUT2D eigenvalue weighted by Crippen LogP contribution is 2.28. The van der Waals surface area contributed by atoms with Gasteiger partial charge in [-0.3, -0.25) is 0 Å². The molecule has 0 spiro atoms. The van der Waals surface area contributed by atoms with E-state index in [4.69, 9.17) is 8.85 Å². The van der Waals surface area contributed by atoms with Crippen molar-refractivity contribution in [3.63, 3.8) is 0 Å². The van der Waals surface area contributed by atoms with Gasteiger partial charge in [-0.2, -0.15) is 0 Å². The molecule has 0 atom stereocenters. The summed E-state index contributed by atoms with van der Waals surface area (Å²) in [6, 6.07) is 6.02. The number of carbonyl (C=O) groups excluding carboxylic acids is 1. The summed E-state index contributed by atoms with van der Waals surface area (Å²) in [5, 5.41) is 0. The molecule has 0 amide bonds. The van der Waals surface area contributed by atoms with Gasteiger partial charge in [0.25, 0.3) is 0 Å². The third-order valence-electron chi connectivity index (χ3n) is 4.68. The second-order valence-corrected chi connectivity index (χ2v) is 18.9. The minimum absolute atomic E-state index is 0.205. The molecular formula is C24H44O3Si2. The van der Waals surface area contributed by atoms with Crippen LogP contribution in [0.1, 0.15) is 80.6 Å². The van der Waals surface area contributed by atoms with Crippen molar-refractivity contribution in [2.75, 3.05) is 0 Å². The van der Waals surface area contributed by atoms with Gasteiger partial charge >= 0.3 is 5.97 Å². The Balaban J connectivity index is 2.73. The van der Waals surface area contributed by atoms with Crippen LogP contribution >= 0.6 is 0 Å².